The molecular weight excluding hydrogens is 444 g/mol. The van der Waals surface area contributed by atoms with Crippen LogP contribution in [0.15, 0.2) is 54.6 Å². The molecule has 1 aliphatic rings. The number of hydrogen-bond acceptors (Lipinski definition) is 5. The molecule has 0 saturated carbocycles. The number of nitrogens with one attached hydrogen (secondary N) is 1. The lowest BCUT2D eigenvalue weighted by molar-refractivity contribution is 0.271. The number of benzene rings is 2. The van der Waals surface area contributed by atoms with E-state index in [4.69, 9.17) is 4.98 Å². The van der Waals surface area contributed by atoms with Crippen molar-refractivity contribution in [2.45, 2.75) is 19.6 Å². The Hall–Kier alpha value is -2.19. The van der Waals surface area contributed by atoms with Crippen molar-refractivity contribution in [1.82, 2.24) is 14.6 Å². The van der Waals surface area contributed by atoms with E-state index in [0.717, 1.165) is 55.4 Å². The van der Waals surface area contributed by atoms with E-state index in [-0.39, 0.29) is 18.2 Å². The third-order valence-corrected chi connectivity index (χ3v) is 7.25. The molecule has 172 valence electrons. The molecular formula is C24H31ClN4O2S. The molecule has 8 heteroatoms. The summed E-state index contributed by atoms with van der Waals surface area (Å²) in [6, 6.07) is 18.2. The Balaban J connectivity index is 0.00000289. The van der Waals surface area contributed by atoms with Crippen LogP contribution in [-0.2, 0) is 15.8 Å². The van der Waals surface area contributed by atoms with E-state index in [0.29, 0.717) is 6.54 Å². The van der Waals surface area contributed by atoms with Crippen molar-refractivity contribution in [3.8, 4) is 11.3 Å². The van der Waals surface area contributed by atoms with Gasteiger partial charge in [0.2, 0.25) is 10.0 Å². The summed E-state index contributed by atoms with van der Waals surface area (Å²) in [6.45, 7) is 9.50. The fourth-order valence-electron chi connectivity index (χ4n) is 4.11. The first-order valence-corrected chi connectivity index (χ1v) is 12.6. The number of sulfonamides is 1. The van der Waals surface area contributed by atoms with Crippen LogP contribution in [-0.4, -0.2) is 57.6 Å². The third kappa shape index (κ3) is 5.59. The second-order valence-electron chi connectivity index (χ2n) is 7.93. The number of halogens is 1. The maximum atomic E-state index is 12.0. The fourth-order valence-corrected chi connectivity index (χ4v) is 5.28. The summed E-state index contributed by atoms with van der Waals surface area (Å²) >= 11 is 0. The molecule has 32 heavy (non-hydrogen) atoms. The molecule has 3 aromatic rings. The molecule has 1 fully saturated rings. The van der Waals surface area contributed by atoms with Gasteiger partial charge in [-0.25, -0.2) is 18.1 Å². The zero-order valence-corrected chi connectivity index (χ0v) is 20.3. The molecule has 6 nitrogen and oxygen atoms in total. The molecule has 1 aliphatic heterocycles. The lowest BCUT2D eigenvalue weighted by atomic mass is 10.0. The predicted molar refractivity (Wildman–Crippen MR) is 135 cm³/mol. The van der Waals surface area contributed by atoms with Crippen LogP contribution in [0.3, 0.4) is 0 Å². The molecule has 0 spiro atoms. The second kappa shape index (κ2) is 10.6. The van der Waals surface area contributed by atoms with Gasteiger partial charge in [0, 0.05) is 43.7 Å². The lowest BCUT2D eigenvalue weighted by Gasteiger charge is -2.35. The van der Waals surface area contributed by atoms with E-state index in [1.165, 1.54) is 10.8 Å². The molecule has 2 aromatic carbocycles. The Morgan fingerprint density at radius 3 is 2.31 bits per heavy atom. The zero-order valence-electron chi connectivity index (χ0n) is 18.6. The average molecular weight is 475 g/mol. The number of pyridine rings is 1. The minimum Gasteiger partial charge on any atom is -0.354 e. The molecule has 0 aliphatic carbocycles. The molecule has 0 bridgehead atoms. The van der Waals surface area contributed by atoms with E-state index in [9.17, 15) is 8.42 Å². The Morgan fingerprint density at radius 1 is 0.969 bits per heavy atom. The number of fused-ring (bicyclic) bond motifs is 1. The first-order chi connectivity index (χ1) is 15.0. The second-order valence-corrected chi connectivity index (χ2v) is 9.73. The lowest BCUT2D eigenvalue weighted by Crippen LogP contribution is -2.46. The van der Waals surface area contributed by atoms with Gasteiger partial charge in [-0.2, -0.15) is 0 Å². The Labute approximate surface area is 197 Å². The van der Waals surface area contributed by atoms with E-state index >= 15 is 0 Å². The van der Waals surface area contributed by atoms with E-state index in [2.05, 4.69) is 51.8 Å². The van der Waals surface area contributed by atoms with Crippen LogP contribution in [0.1, 0.15) is 19.4 Å². The maximum absolute atomic E-state index is 12.0. The van der Waals surface area contributed by atoms with E-state index < -0.39 is 10.0 Å². The molecule has 2 heterocycles. The highest BCUT2D eigenvalue weighted by atomic mass is 35.5. The molecule has 1 saturated heterocycles. The molecule has 0 radical (unpaired) electrons. The number of piperazine rings is 1. The molecule has 1 aromatic heterocycles. The molecule has 0 atom stereocenters. The zero-order chi connectivity index (χ0) is 21.8. The normalized spacial score (nSPS) is 15.0. The van der Waals surface area contributed by atoms with Crippen molar-refractivity contribution in [1.29, 1.82) is 0 Å². The number of hydrogen-bond donors (Lipinski definition) is 1. The van der Waals surface area contributed by atoms with Crippen LogP contribution in [0.4, 0.5) is 5.82 Å². The van der Waals surface area contributed by atoms with Gasteiger partial charge in [0.25, 0.3) is 0 Å². The summed E-state index contributed by atoms with van der Waals surface area (Å²) < 4.78 is 26.6. The van der Waals surface area contributed by atoms with Crippen molar-refractivity contribution in [3.05, 3.63) is 60.2 Å². The van der Waals surface area contributed by atoms with Gasteiger partial charge in [0.1, 0.15) is 5.82 Å². The molecule has 0 amide bonds. The van der Waals surface area contributed by atoms with Crippen LogP contribution in [0, 0.1) is 0 Å². The SMILES string of the molecule is CCNS(=O)(=O)Cc1ccc(-c2cc3ccccc3c(N3CCN(CC)CC3)n2)cc1.Cl. The largest absolute Gasteiger partial charge is 0.354 e. The van der Waals surface area contributed by atoms with Gasteiger partial charge in [0.15, 0.2) is 0 Å². The fraction of sp³-hybridized carbons (Fsp3) is 0.375. The number of aromatic nitrogens is 1. The minimum absolute atomic E-state index is 0. The highest BCUT2D eigenvalue weighted by molar-refractivity contribution is 7.88. The monoisotopic (exact) mass is 474 g/mol. The summed E-state index contributed by atoms with van der Waals surface area (Å²) in [5.41, 5.74) is 2.66. The first kappa shape index (κ1) is 24.5. The average Bonchev–Trinajstić information content (AvgIpc) is 2.78. The molecule has 4 rings (SSSR count). The van der Waals surface area contributed by atoms with Gasteiger partial charge in [0.05, 0.1) is 11.4 Å². The van der Waals surface area contributed by atoms with Gasteiger partial charge in [-0.1, -0.05) is 62.4 Å². The van der Waals surface area contributed by atoms with Gasteiger partial charge < -0.3 is 9.80 Å². The summed E-state index contributed by atoms with van der Waals surface area (Å²) in [5.74, 6) is 1.02. The Bertz CT molecular complexity index is 1140. The van der Waals surface area contributed by atoms with E-state index in [1.54, 1.807) is 6.92 Å². The van der Waals surface area contributed by atoms with Crippen LogP contribution in [0.2, 0.25) is 0 Å². The molecule has 1 N–H and O–H groups in total. The Kier molecular flexibility index (Phi) is 8.11. The van der Waals surface area contributed by atoms with Gasteiger partial charge in [-0.05, 0) is 23.6 Å². The first-order valence-electron chi connectivity index (χ1n) is 10.9. The van der Waals surface area contributed by atoms with Crippen LogP contribution >= 0.6 is 12.4 Å². The van der Waals surface area contributed by atoms with Crippen molar-refractivity contribution < 1.29 is 8.42 Å². The van der Waals surface area contributed by atoms with Gasteiger partial charge >= 0.3 is 0 Å². The topological polar surface area (TPSA) is 65.5 Å². The van der Waals surface area contributed by atoms with Crippen LogP contribution in [0.25, 0.3) is 22.0 Å². The van der Waals surface area contributed by atoms with Crippen LogP contribution < -0.4 is 9.62 Å². The number of nitrogens with zero attached hydrogens (tertiary/aromatic N) is 3. The highest BCUT2D eigenvalue weighted by Gasteiger charge is 2.20. The smallest absolute Gasteiger partial charge is 0.215 e. The van der Waals surface area contributed by atoms with E-state index in [1.807, 2.05) is 24.3 Å². The summed E-state index contributed by atoms with van der Waals surface area (Å²) in [7, 11) is -3.30. The standard InChI is InChI=1S/C24H30N4O2S.ClH/c1-3-25-31(29,30)18-19-9-11-20(12-10-19)23-17-21-7-5-6-8-22(21)24(26-23)28-15-13-27(4-2)14-16-28;/h5-12,17,25H,3-4,13-16,18H2,1-2H3;1H. The number of rotatable bonds is 7. The molecule has 0 unspecified atom stereocenters. The summed E-state index contributed by atoms with van der Waals surface area (Å²) in [4.78, 5) is 9.90. The van der Waals surface area contributed by atoms with Crippen molar-refractivity contribution in [2.24, 2.45) is 0 Å². The summed E-state index contributed by atoms with van der Waals surface area (Å²) in [6.07, 6.45) is 0. The van der Waals surface area contributed by atoms with Crippen molar-refractivity contribution >= 4 is 39.0 Å². The third-order valence-electron chi connectivity index (χ3n) is 5.81. The number of anilines is 1. The predicted octanol–water partition coefficient (Wildman–Crippen LogP) is 3.90. The van der Waals surface area contributed by atoms with Crippen molar-refractivity contribution in [2.75, 3.05) is 44.2 Å². The number of likely N-dealkylation sites (N-methyl/N-ethyl adjacent to an activating group) is 1. The van der Waals surface area contributed by atoms with Crippen LogP contribution in [0.5, 0.6) is 0 Å². The quantitative estimate of drug-likeness (QED) is 0.562. The Morgan fingerprint density at radius 2 is 1.66 bits per heavy atom. The van der Waals surface area contributed by atoms with Gasteiger partial charge in [-0.3, -0.25) is 0 Å². The highest BCUT2D eigenvalue weighted by Crippen LogP contribution is 2.31. The minimum atomic E-state index is -3.30. The summed E-state index contributed by atoms with van der Waals surface area (Å²) in [5, 5.41) is 2.34. The maximum Gasteiger partial charge on any atom is 0.215 e. The van der Waals surface area contributed by atoms with Gasteiger partial charge in [-0.15, -0.1) is 12.4 Å². The van der Waals surface area contributed by atoms with Crippen molar-refractivity contribution in [3.63, 3.8) is 0 Å².